The van der Waals surface area contributed by atoms with Crippen molar-refractivity contribution in [2.45, 2.75) is 19.7 Å². The maximum absolute atomic E-state index is 12.1. The second-order valence-corrected chi connectivity index (χ2v) is 4.27. The minimum atomic E-state index is -4.75. The van der Waals surface area contributed by atoms with Crippen LogP contribution in [0.2, 0.25) is 0 Å². The van der Waals surface area contributed by atoms with Gasteiger partial charge < -0.3 is 14.6 Å². The van der Waals surface area contributed by atoms with Gasteiger partial charge in [-0.2, -0.15) is 0 Å². The molecular weight excluding hydrogens is 285 g/mol. The molecule has 2 aromatic carbocycles. The van der Waals surface area contributed by atoms with Crippen LogP contribution >= 0.6 is 0 Å². The first-order valence-corrected chi connectivity index (χ1v) is 6.23. The molecule has 0 amide bonds. The van der Waals surface area contributed by atoms with Crippen molar-refractivity contribution < 1.29 is 27.8 Å². The number of aromatic hydroxyl groups is 1. The lowest BCUT2D eigenvalue weighted by atomic mass is 10.1. The van der Waals surface area contributed by atoms with Crippen molar-refractivity contribution in [2.24, 2.45) is 0 Å². The maximum atomic E-state index is 12.1. The van der Waals surface area contributed by atoms with E-state index in [-0.39, 0.29) is 17.2 Å². The quantitative estimate of drug-likeness (QED) is 0.893. The van der Waals surface area contributed by atoms with Crippen LogP contribution in [-0.4, -0.2) is 11.5 Å². The number of ether oxygens (including phenoxy) is 2. The summed E-state index contributed by atoms with van der Waals surface area (Å²) in [5.41, 5.74) is 0.761. The van der Waals surface area contributed by atoms with Gasteiger partial charge in [-0.3, -0.25) is 0 Å². The summed E-state index contributed by atoms with van der Waals surface area (Å²) in [5.74, 6) is 0.223. The Morgan fingerprint density at radius 3 is 2.29 bits per heavy atom. The van der Waals surface area contributed by atoms with Gasteiger partial charge in [0, 0.05) is 12.1 Å². The van der Waals surface area contributed by atoms with Crippen molar-refractivity contribution >= 4 is 0 Å². The smallest absolute Gasteiger partial charge is 0.508 e. The lowest BCUT2D eigenvalue weighted by Crippen LogP contribution is -2.16. The fraction of sp³-hybridized carbons (Fsp3) is 0.200. The van der Waals surface area contributed by atoms with E-state index in [2.05, 4.69) is 4.74 Å². The van der Waals surface area contributed by atoms with E-state index in [4.69, 9.17) is 4.74 Å². The van der Waals surface area contributed by atoms with Gasteiger partial charge in [-0.15, -0.1) is 13.2 Å². The van der Waals surface area contributed by atoms with Gasteiger partial charge in [0.15, 0.2) is 0 Å². The molecule has 0 bridgehead atoms. The predicted molar refractivity (Wildman–Crippen MR) is 70.7 cm³/mol. The van der Waals surface area contributed by atoms with E-state index in [1.165, 1.54) is 24.3 Å². The Morgan fingerprint density at radius 1 is 1.00 bits per heavy atom. The van der Waals surface area contributed by atoms with Crippen molar-refractivity contribution in [3.05, 3.63) is 48.0 Å². The summed E-state index contributed by atoms with van der Waals surface area (Å²) in [4.78, 5) is 0. The Morgan fingerprint density at radius 2 is 1.67 bits per heavy atom. The summed E-state index contributed by atoms with van der Waals surface area (Å²) < 4.78 is 45.6. The molecule has 6 heteroatoms. The molecular formula is C15H13F3O3. The fourth-order valence-corrected chi connectivity index (χ4v) is 1.78. The molecule has 0 radical (unpaired) electrons. The van der Waals surface area contributed by atoms with E-state index in [9.17, 15) is 18.3 Å². The zero-order chi connectivity index (χ0) is 15.5. The molecule has 0 aliphatic heterocycles. The highest BCUT2D eigenvalue weighted by Crippen LogP contribution is 2.31. The first-order chi connectivity index (χ1) is 9.87. The Balaban J connectivity index is 2.16. The minimum absolute atomic E-state index is 0.0812. The predicted octanol–water partition coefficient (Wildman–Crippen LogP) is 4.65. The molecule has 0 aliphatic carbocycles. The fourth-order valence-electron chi connectivity index (χ4n) is 1.78. The highest BCUT2D eigenvalue weighted by Gasteiger charge is 2.31. The summed E-state index contributed by atoms with van der Waals surface area (Å²) >= 11 is 0. The van der Waals surface area contributed by atoms with Gasteiger partial charge in [0.25, 0.3) is 0 Å². The maximum Gasteiger partial charge on any atom is 0.573 e. The van der Waals surface area contributed by atoms with Crippen LogP contribution in [0.15, 0.2) is 42.5 Å². The standard InChI is InChI=1S/C15H13F3O3/c1-2-10-6-7-12(9-14(10)19)20-11-4-3-5-13(8-11)21-15(16,17)18/h3-9,19H,2H2,1H3. The van der Waals surface area contributed by atoms with Crippen LogP contribution in [0.1, 0.15) is 12.5 Å². The molecule has 0 spiro atoms. The second kappa shape index (κ2) is 5.95. The summed E-state index contributed by atoms with van der Waals surface area (Å²) in [7, 11) is 0. The van der Waals surface area contributed by atoms with E-state index in [1.54, 1.807) is 12.1 Å². The summed E-state index contributed by atoms with van der Waals surface area (Å²) in [6.07, 6.45) is -4.08. The van der Waals surface area contributed by atoms with Crippen LogP contribution in [0.5, 0.6) is 23.0 Å². The molecule has 0 atom stereocenters. The summed E-state index contributed by atoms with van der Waals surface area (Å²) in [6.45, 7) is 1.90. The van der Waals surface area contributed by atoms with Crippen LogP contribution < -0.4 is 9.47 Å². The largest absolute Gasteiger partial charge is 0.573 e. The van der Waals surface area contributed by atoms with Crippen molar-refractivity contribution in [1.29, 1.82) is 0 Å². The van der Waals surface area contributed by atoms with Gasteiger partial charge in [-0.05, 0) is 30.2 Å². The molecule has 112 valence electrons. The Labute approximate surface area is 119 Å². The van der Waals surface area contributed by atoms with Gasteiger partial charge in [0.1, 0.15) is 23.0 Å². The lowest BCUT2D eigenvalue weighted by molar-refractivity contribution is -0.274. The molecule has 2 aromatic rings. The molecule has 0 unspecified atom stereocenters. The number of phenolic OH excluding ortho intramolecular Hbond substituents is 1. The molecule has 1 N–H and O–H groups in total. The SMILES string of the molecule is CCc1ccc(Oc2cccc(OC(F)(F)F)c2)cc1O. The van der Waals surface area contributed by atoms with E-state index in [0.29, 0.717) is 12.2 Å². The van der Waals surface area contributed by atoms with E-state index in [1.807, 2.05) is 6.92 Å². The van der Waals surface area contributed by atoms with E-state index < -0.39 is 6.36 Å². The molecule has 0 aliphatic rings. The average Bonchev–Trinajstić information content (AvgIpc) is 2.37. The Kier molecular flexibility index (Phi) is 4.26. The van der Waals surface area contributed by atoms with Gasteiger partial charge in [-0.1, -0.05) is 19.1 Å². The second-order valence-electron chi connectivity index (χ2n) is 4.27. The van der Waals surface area contributed by atoms with Crippen LogP contribution in [-0.2, 0) is 6.42 Å². The number of hydrogen-bond acceptors (Lipinski definition) is 3. The van der Waals surface area contributed by atoms with E-state index >= 15 is 0 Å². The van der Waals surface area contributed by atoms with Crippen molar-refractivity contribution in [1.82, 2.24) is 0 Å². The van der Waals surface area contributed by atoms with Crippen molar-refractivity contribution in [3.63, 3.8) is 0 Å². The number of alkyl halides is 3. The third kappa shape index (κ3) is 4.30. The van der Waals surface area contributed by atoms with Crippen LogP contribution in [0.25, 0.3) is 0 Å². The lowest BCUT2D eigenvalue weighted by Gasteiger charge is -2.11. The van der Waals surface area contributed by atoms with Gasteiger partial charge in [0.2, 0.25) is 0 Å². The molecule has 0 aromatic heterocycles. The van der Waals surface area contributed by atoms with Gasteiger partial charge in [0.05, 0.1) is 0 Å². The zero-order valence-electron chi connectivity index (χ0n) is 11.1. The van der Waals surface area contributed by atoms with Gasteiger partial charge in [-0.25, -0.2) is 0 Å². The van der Waals surface area contributed by atoms with Crippen molar-refractivity contribution in [3.8, 4) is 23.0 Å². The highest BCUT2D eigenvalue weighted by molar-refractivity contribution is 5.42. The molecule has 3 nitrogen and oxygen atoms in total. The number of aryl methyl sites for hydroxylation is 1. The third-order valence-electron chi connectivity index (χ3n) is 2.71. The first kappa shape index (κ1) is 15.0. The monoisotopic (exact) mass is 298 g/mol. The first-order valence-electron chi connectivity index (χ1n) is 6.23. The number of benzene rings is 2. The Hall–Kier alpha value is -2.37. The summed E-state index contributed by atoms with van der Waals surface area (Å²) in [6, 6.07) is 9.92. The average molecular weight is 298 g/mol. The zero-order valence-corrected chi connectivity index (χ0v) is 11.1. The normalized spacial score (nSPS) is 11.2. The van der Waals surface area contributed by atoms with Gasteiger partial charge >= 0.3 is 6.36 Å². The molecule has 0 saturated carbocycles. The highest BCUT2D eigenvalue weighted by atomic mass is 19.4. The van der Waals surface area contributed by atoms with E-state index in [0.717, 1.165) is 11.6 Å². The molecule has 21 heavy (non-hydrogen) atoms. The molecule has 2 rings (SSSR count). The van der Waals surface area contributed by atoms with Crippen LogP contribution in [0.3, 0.4) is 0 Å². The molecule has 0 saturated heterocycles. The molecule has 0 heterocycles. The summed E-state index contributed by atoms with van der Waals surface area (Å²) in [5, 5.41) is 9.72. The number of hydrogen-bond donors (Lipinski definition) is 1. The van der Waals surface area contributed by atoms with Crippen LogP contribution in [0, 0.1) is 0 Å². The minimum Gasteiger partial charge on any atom is -0.508 e. The number of halogens is 3. The number of rotatable bonds is 4. The molecule has 0 fully saturated rings. The van der Waals surface area contributed by atoms with Crippen LogP contribution in [0.4, 0.5) is 13.2 Å². The Bertz CT molecular complexity index is 624. The topological polar surface area (TPSA) is 38.7 Å². The van der Waals surface area contributed by atoms with Crippen molar-refractivity contribution in [2.75, 3.05) is 0 Å². The third-order valence-corrected chi connectivity index (χ3v) is 2.71. The number of phenols is 1.